The Morgan fingerprint density at radius 2 is 1.94 bits per heavy atom. The Kier molecular flexibility index (Phi) is 7.60. The molecule has 0 unspecified atom stereocenters. The molecule has 1 amide bonds. The third kappa shape index (κ3) is 5.40. The molecule has 2 aromatic rings. The van der Waals surface area contributed by atoms with Crippen molar-refractivity contribution >= 4 is 15.9 Å². The molecule has 0 aliphatic carbocycles. The summed E-state index contributed by atoms with van der Waals surface area (Å²) in [5.41, 5.74) is -0.434. The molecule has 1 aliphatic rings. The lowest BCUT2D eigenvalue weighted by atomic mass is 10.2. The Labute approximate surface area is 182 Å². The third-order valence-electron chi connectivity index (χ3n) is 5.47. The molecular weight excluding hydrogens is 420 g/mol. The van der Waals surface area contributed by atoms with Crippen LogP contribution in [0.4, 0.5) is 0 Å². The number of nitrogens with zero attached hydrogens (tertiary/aromatic N) is 5. The fraction of sp³-hybridized carbons (Fsp3) is 0.600. The monoisotopic (exact) mass is 450 g/mol. The molecule has 3 rings (SSSR count). The van der Waals surface area contributed by atoms with Crippen LogP contribution in [0.2, 0.25) is 0 Å². The number of aromatic nitrogens is 4. The van der Waals surface area contributed by atoms with Crippen LogP contribution in [0.25, 0.3) is 0 Å². The molecule has 1 aliphatic heterocycles. The van der Waals surface area contributed by atoms with Crippen molar-refractivity contribution in [3.8, 4) is 0 Å². The van der Waals surface area contributed by atoms with Gasteiger partial charge < -0.3 is 14.5 Å². The molecule has 170 valence electrons. The fourth-order valence-corrected chi connectivity index (χ4v) is 5.23. The first-order valence-electron chi connectivity index (χ1n) is 10.7. The van der Waals surface area contributed by atoms with Crippen LogP contribution in [0, 0.1) is 0 Å². The van der Waals surface area contributed by atoms with E-state index in [2.05, 4.69) is 20.1 Å². The lowest BCUT2D eigenvalue weighted by Gasteiger charge is -2.19. The van der Waals surface area contributed by atoms with Crippen molar-refractivity contribution < 1.29 is 13.2 Å². The van der Waals surface area contributed by atoms with E-state index in [1.165, 1.54) is 29.1 Å². The van der Waals surface area contributed by atoms with Crippen LogP contribution in [0.1, 0.15) is 44.8 Å². The van der Waals surface area contributed by atoms with Crippen LogP contribution in [-0.4, -0.2) is 57.6 Å². The smallest absolute Gasteiger partial charge is 0.251 e. The molecular formula is C20H30N6O4S. The minimum Gasteiger partial charge on any atom is -0.354 e. The van der Waals surface area contributed by atoms with E-state index in [1.54, 1.807) is 13.8 Å². The molecule has 11 heteroatoms. The van der Waals surface area contributed by atoms with Gasteiger partial charge in [0.25, 0.3) is 5.56 Å². The molecule has 0 saturated heterocycles. The van der Waals surface area contributed by atoms with Crippen LogP contribution in [-0.2, 0) is 40.7 Å². The molecule has 0 aromatic carbocycles. The number of rotatable bonds is 9. The molecule has 31 heavy (non-hydrogen) atoms. The maximum absolute atomic E-state index is 12.7. The Morgan fingerprint density at radius 1 is 1.16 bits per heavy atom. The topological polar surface area (TPSA) is 119 Å². The zero-order valence-corrected chi connectivity index (χ0v) is 18.9. The first-order valence-corrected chi connectivity index (χ1v) is 12.2. The molecule has 0 saturated carbocycles. The van der Waals surface area contributed by atoms with Crippen molar-refractivity contribution in [3.05, 3.63) is 40.3 Å². The van der Waals surface area contributed by atoms with Gasteiger partial charge in [0.05, 0.1) is 4.90 Å². The first kappa shape index (κ1) is 23.1. The van der Waals surface area contributed by atoms with E-state index >= 15 is 0 Å². The van der Waals surface area contributed by atoms with Crippen LogP contribution in [0.5, 0.6) is 0 Å². The highest BCUT2D eigenvalue weighted by atomic mass is 32.2. The maximum Gasteiger partial charge on any atom is 0.251 e. The number of aryl methyl sites for hydroxylation is 1. The van der Waals surface area contributed by atoms with Crippen LogP contribution >= 0.6 is 0 Å². The highest BCUT2D eigenvalue weighted by Crippen LogP contribution is 2.15. The standard InChI is InChI=1S/C20H30N6O4S/c1-3-25(4-2)31(29,30)16-9-10-20(28)24(14-16)15-19(27)21-12-11-18-23-22-17-8-6-5-7-13-26(17)18/h9-10,14H,3-8,11-13,15H2,1-2H3,(H,21,27). The molecule has 0 bridgehead atoms. The predicted molar refractivity (Wildman–Crippen MR) is 115 cm³/mol. The van der Waals surface area contributed by atoms with Gasteiger partial charge in [-0.1, -0.05) is 20.3 Å². The van der Waals surface area contributed by atoms with Gasteiger partial charge in [0.15, 0.2) is 0 Å². The average Bonchev–Trinajstić information content (AvgIpc) is 2.96. The van der Waals surface area contributed by atoms with Crippen molar-refractivity contribution in [2.75, 3.05) is 19.6 Å². The molecule has 10 nitrogen and oxygen atoms in total. The van der Waals surface area contributed by atoms with Gasteiger partial charge in [0, 0.05) is 51.3 Å². The maximum atomic E-state index is 12.7. The summed E-state index contributed by atoms with van der Waals surface area (Å²) in [6.45, 7) is 5.16. The number of fused-ring (bicyclic) bond motifs is 1. The van der Waals surface area contributed by atoms with Crippen molar-refractivity contribution in [3.63, 3.8) is 0 Å². The van der Waals surface area contributed by atoms with Crippen molar-refractivity contribution in [1.29, 1.82) is 0 Å². The molecule has 3 heterocycles. The Morgan fingerprint density at radius 3 is 2.68 bits per heavy atom. The van der Waals surface area contributed by atoms with E-state index in [-0.39, 0.29) is 17.3 Å². The van der Waals surface area contributed by atoms with Gasteiger partial charge in [-0.15, -0.1) is 10.2 Å². The fourth-order valence-electron chi connectivity index (χ4n) is 3.75. The van der Waals surface area contributed by atoms with Gasteiger partial charge >= 0.3 is 0 Å². The van der Waals surface area contributed by atoms with Crippen molar-refractivity contribution in [2.24, 2.45) is 0 Å². The van der Waals surface area contributed by atoms with Crippen LogP contribution in [0.3, 0.4) is 0 Å². The number of nitrogens with one attached hydrogen (secondary N) is 1. The zero-order chi connectivity index (χ0) is 22.4. The van der Waals surface area contributed by atoms with E-state index in [0.717, 1.165) is 42.0 Å². The Balaban J connectivity index is 1.62. The van der Waals surface area contributed by atoms with Crippen molar-refractivity contribution in [1.82, 2.24) is 29.0 Å². The largest absolute Gasteiger partial charge is 0.354 e. The number of pyridine rings is 1. The summed E-state index contributed by atoms with van der Waals surface area (Å²) < 4.78 is 29.9. The summed E-state index contributed by atoms with van der Waals surface area (Å²) in [5.74, 6) is 1.48. The molecule has 1 N–H and O–H groups in total. The summed E-state index contributed by atoms with van der Waals surface area (Å²) in [4.78, 5) is 24.5. The second-order valence-corrected chi connectivity index (χ2v) is 9.45. The summed E-state index contributed by atoms with van der Waals surface area (Å²) in [5, 5.41) is 11.3. The molecule has 2 aromatic heterocycles. The van der Waals surface area contributed by atoms with E-state index < -0.39 is 15.6 Å². The van der Waals surface area contributed by atoms with Gasteiger partial charge in [-0.2, -0.15) is 4.31 Å². The van der Waals surface area contributed by atoms with E-state index in [0.29, 0.717) is 26.1 Å². The summed E-state index contributed by atoms with van der Waals surface area (Å²) in [7, 11) is -3.71. The number of carbonyl (C=O) groups is 1. The van der Waals surface area contributed by atoms with Gasteiger partial charge in [0.1, 0.15) is 18.2 Å². The van der Waals surface area contributed by atoms with Gasteiger partial charge in [-0.3, -0.25) is 9.59 Å². The number of sulfonamides is 1. The Bertz CT molecular complexity index is 1070. The lowest BCUT2D eigenvalue weighted by molar-refractivity contribution is -0.121. The number of carbonyl (C=O) groups excluding carboxylic acids is 1. The van der Waals surface area contributed by atoms with E-state index in [4.69, 9.17) is 0 Å². The predicted octanol–water partition coefficient (Wildman–Crippen LogP) is 0.556. The minimum absolute atomic E-state index is 0.00486. The van der Waals surface area contributed by atoms with Crippen LogP contribution in [0.15, 0.2) is 28.0 Å². The van der Waals surface area contributed by atoms with Gasteiger partial charge in [-0.05, 0) is 18.9 Å². The second kappa shape index (κ2) is 10.2. The minimum atomic E-state index is -3.71. The molecule has 0 spiro atoms. The number of hydrogen-bond acceptors (Lipinski definition) is 6. The molecule has 0 fully saturated rings. The highest BCUT2D eigenvalue weighted by Gasteiger charge is 2.22. The average molecular weight is 451 g/mol. The van der Waals surface area contributed by atoms with Crippen LogP contribution < -0.4 is 10.9 Å². The lowest BCUT2D eigenvalue weighted by Crippen LogP contribution is -2.35. The first-order chi connectivity index (χ1) is 14.9. The summed E-state index contributed by atoms with van der Waals surface area (Å²) in [6.07, 6.45) is 6.09. The normalized spacial score (nSPS) is 14.3. The number of amides is 1. The number of hydrogen-bond donors (Lipinski definition) is 1. The van der Waals surface area contributed by atoms with E-state index in [1.807, 2.05) is 0 Å². The summed E-state index contributed by atoms with van der Waals surface area (Å²) >= 11 is 0. The second-order valence-electron chi connectivity index (χ2n) is 7.51. The summed E-state index contributed by atoms with van der Waals surface area (Å²) in [6, 6.07) is 2.45. The molecule has 0 radical (unpaired) electrons. The SMILES string of the molecule is CCN(CC)S(=O)(=O)c1ccc(=O)n(CC(=O)NCCc2nnc3n2CCCCC3)c1. The Hall–Kier alpha value is -2.53. The van der Waals surface area contributed by atoms with E-state index in [9.17, 15) is 18.0 Å². The van der Waals surface area contributed by atoms with Gasteiger partial charge in [0.2, 0.25) is 15.9 Å². The van der Waals surface area contributed by atoms with Gasteiger partial charge in [-0.25, -0.2) is 8.42 Å². The third-order valence-corrected chi connectivity index (χ3v) is 7.50. The molecule has 0 atom stereocenters. The zero-order valence-electron chi connectivity index (χ0n) is 18.1. The van der Waals surface area contributed by atoms with Crippen molar-refractivity contribution in [2.45, 2.75) is 63.9 Å². The quantitative estimate of drug-likeness (QED) is 0.596. The highest BCUT2D eigenvalue weighted by molar-refractivity contribution is 7.89.